The highest BCUT2D eigenvalue weighted by Gasteiger charge is 2.24. The predicted molar refractivity (Wildman–Crippen MR) is 90.1 cm³/mol. The minimum absolute atomic E-state index is 0.352. The number of imidazole rings is 1. The molecule has 1 aliphatic rings. The molecule has 4 heterocycles. The molecule has 122 valence electrons. The number of rotatable bonds is 3. The standard InChI is InChI=1S/C17H19N7/c1-13-20-5-4-16(21-13)23-7-2-3-14(11-23)15-9-19-10-17(22-15)24-8-6-18-12-24/h4-6,8-10,12,14H,2-3,7,11H2,1H3/t14-/m1/s1. The quantitative estimate of drug-likeness (QED) is 0.736. The minimum Gasteiger partial charge on any atom is -0.356 e. The Morgan fingerprint density at radius 1 is 1.08 bits per heavy atom. The maximum atomic E-state index is 4.79. The van der Waals surface area contributed by atoms with Gasteiger partial charge in [-0.2, -0.15) is 0 Å². The van der Waals surface area contributed by atoms with Crippen molar-refractivity contribution >= 4 is 5.82 Å². The Bertz CT molecular complexity index is 815. The van der Waals surface area contributed by atoms with Gasteiger partial charge in [0.25, 0.3) is 0 Å². The largest absolute Gasteiger partial charge is 0.356 e. The third-order valence-corrected chi connectivity index (χ3v) is 4.33. The molecule has 0 radical (unpaired) electrons. The molecule has 0 spiro atoms. The second-order valence-corrected chi connectivity index (χ2v) is 6.02. The number of nitrogens with zero attached hydrogens (tertiary/aromatic N) is 7. The van der Waals surface area contributed by atoms with Crippen molar-refractivity contribution in [3.05, 3.63) is 54.9 Å². The van der Waals surface area contributed by atoms with E-state index in [-0.39, 0.29) is 0 Å². The van der Waals surface area contributed by atoms with Crippen LogP contribution in [-0.4, -0.2) is 42.6 Å². The minimum atomic E-state index is 0.352. The second-order valence-electron chi connectivity index (χ2n) is 6.02. The maximum Gasteiger partial charge on any atom is 0.156 e. The summed E-state index contributed by atoms with van der Waals surface area (Å²) in [6, 6.07) is 1.98. The SMILES string of the molecule is Cc1nccc(N2CCC[C@@H](c3cncc(-n4ccnc4)n3)C2)n1. The van der Waals surface area contributed by atoms with Crippen LogP contribution >= 0.6 is 0 Å². The maximum absolute atomic E-state index is 4.79. The van der Waals surface area contributed by atoms with Crippen molar-refractivity contribution in [2.45, 2.75) is 25.7 Å². The van der Waals surface area contributed by atoms with Crippen LogP contribution in [0.4, 0.5) is 5.82 Å². The van der Waals surface area contributed by atoms with E-state index < -0.39 is 0 Å². The average Bonchev–Trinajstić information content (AvgIpc) is 3.17. The molecule has 1 fully saturated rings. The van der Waals surface area contributed by atoms with Crippen molar-refractivity contribution in [2.24, 2.45) is 0 Å². The van der Waals surface area contributed by atoms with Crippen molar-refractivity contribution in [3.63, 3.8) is 0 Å². The predicted octanol–water partition coefficient (Wildman–Crippen LogP) is 2.14. The third kappa shape index (κ3) is 2.97. The van der Waals surface area contributed by atoms with Crippen molar-refractivity contribution in [2.75, 3.05) is 18.0 Å². The van der Waals surface area contributed by atoms with Crippen LogP contribution in [0.25, 0.3) is 5.82 Å². The normalized spacial score (nSPS) is 17.9. The van der Waals surface area contributed by atoms with Crippen LogP contribution < -0.4 is 4.90 Å². The molecule has 0 aliphatic carbocycles. The van der Waals surface area contributed by atoms with Crippen LogP contribution in [0, 0.1) is 6.92 Å². The molecule has 1 aliphatic heterocycles. The van der Waals surface area contributed by atoms with E-state index >= 15 is 0 Å². The lowest BCUT2D eigenvalue weighted by Crippen LogP contribution is -2.35. The number of hydrogen-bond acceptors (Lipinski definition) is 6. The Morgan fingerprint density at radius 3 is 2.88 bits per heavy atom. The summed E-state index contributed by atoms with van der Waals surface area (Å²) in [4.78, 5) is 24.3. The Morgan fingerprint density at radius 2 is 2.04 bits per heavy atom. The Labute approximate surface area is 140 Å². The molecule has 0 amide bonds. The highest BCUT2D eigenvalue weighted by atomic mass is 15.2. The van der Waals surface area contributed by atoms with Crippen LogP contribution in [0.5, 0.6) is 0 Å². The van der Waals surface area contributed by atoms with Gasteiger partial charge in [-0.1, -0.05) is 0 Å². The van der Waals surface area contributed by atoms with Gasteiger partial charge in [0.05, 0.1) is 11.9 Å². The van der Waals surface area contributed by atoms with Crippen molar-refractivity contribution in [1.82, 2.24) is 29.5 Å². The first-order valence-corrected chi connectivity index (χ1v) is 8.14. The van der Waals surface area contributed by atoms with Gasteiger partial charge in [0.15, 0.2) is 5.82 Å². The molecular weight excluding hydrogens is 302 g/mol. The van der Waals surface area contributed by atoms with Crippen molar-refractivity contribution < 1.29 is 0 Å². The summed E-state index contributed by atoms with van der Waals surface area (Å²) in [6.45, 7) is 3.84. The Kier molecular flexibility index (Phi) is 3.90. The van der Waals surface area contributed by atoms with E-state index in [1.54, 1.807) is 18.7 Å². The number of piperidine rings is 1. The molecule has 0 unspecified atom stereocenters. The van der Waals surface area contributed by atoms with Gasteiger partial charge in [0.2, 0.25) is 0 Å². The molecule has 0 aromatic carbocycles. The molecule has 0 saturated carbocycles. The molecule has 0 bridgehead atoms. The summed E-state index contributed by atoms with van der Waals surface area (Å²) in [5.41, 5.74) is 1.02. The van der Waals surface area contributed by atoms with Gasteiger partial charge < -0.3 is 4.90 Å². The number of anilines is 1. The average molecular weight is 321 g/mol. The molecule has 7 heteroatoms. The van der Waals surface area contributed by atoms with E-state index in [1.807, 2.05) is 36.1 Å². The molecule has 3 aromatic rings. The zero-order chi connectivity index (χ0) is 16.4. The van der Waals surface area contributed by atoms with Crippen molar-refractivity contribution in [3.8, 4) is 5.82 Å². The number of aromatic nitrogens is 6. The van der Waals surface area contributed by atoms with E-state index in [4.69, 9.17) is 4.98 Å². The Balaban J connectivity index is 1.57. The van der Waals surface area contributed by atoms with Gasteiger partial charge >= 0.3 is 0 Å². The number of aryl methyl sites for hydroxylation is 1. The van der Waals surface area contributed by atoms with Gasteiger partial charge in [0, 0.05) is 43.8 Å². The first-order valence-electron chi connectivity index (χ1n) is 8.14. The van der Waals surface area contributed by atoms with E-state index in [1.165, 1.54) is 0 Å². The molecule has 3 aromatic heterocycles. The first-order chi connectivity index (χ1) is 11.8. The second kappa shape index (κ2) is 6.35. The summed E-state index contributed by atoms with van der Waals surface area (Å²) < 4.78 is 1.88. The zero-order valence-electron chi connectivity index (χ0n) is 13.6. The van der Waals surface area contributed by atoms with Gasteiger partial charge in [-0.25, -0.2) is 19.9 Å². The van der Waals surface area contributed by atoms with E-state index in [0.29, 0.717) is 5.92 Å². The molecule has 0 N–H and O–H groups in total. The van der Waals surface area contributed by atoms with Crippen LogP contribution in [0.15, 0.2) is 43.4 Å². The first kappa shape index (κ1) is 14.7. The fraction of sp³-hybridized carbons (Fsp3) is 0.353. The summed E-state index contributed by atoms with van der Waals surface area (Å²) in [7, 11) is 0. The van der Waals surface area contributed by atoms with E-state index in [0.717, 1.165) is 49.1 Å². The molecule has 7 nitrogen and oxygen atoms in total. The highest BCUT2D eigenvalue weighted by Crippen LogP contribution is 2.28. The van der Waals surface area contributed by atoms with Crippen LogP contribution in [0.1, 0.15) is 30.3 Å². The smallest absolute Gasteiger partial charge is 0.156 e. The fourth-order valence-corrected chi connectivity index (χ4v) is 3.13. The topological polar surface area (TPSA) is 72.6 Å². The molecular formula is C17H19N7. The summed E-state index contributed by atoms with van der Waals surface area (Å²) in [5, 5.41) is 0. The van der Waals surface area contributed by atoms with E-state index in [2.05, 4.69) is 24.8 Å². The lowest BCUT2D eigenvalue weighted by atomic mass is 9.95. The lowest BCUT2D eigenvalue weighted by molar-refractivity contribution is 0.496. The summed E-state index contributed by atoms with van der Waals surface area (Å²) in [5.74, 6) is 2.95. The van der Waals surface area contributed by atoms with Crippen molar-refractivity contribution in [1.29, 1.82) is 0 Å². The fourth-order valence-electron chi connectivity index (χ4n) is 3.13. The van der Waals surface area contributed by atoms with Crippen LogP contribution in [0.3, 0.4) is 0 Å². The summed E-state index contributed by atoms with van der Waals surface area (Å²) in [6.07, 6.45) is 13.1. The highest BCUT2D eigenvalue weighted by molar-refractivity contribution is 5.39. The van der Waals surface area contributed by atoms with Gasteiger partial charge in [-0.15, -0.1) is 0 Å². The van der Waals surface area contributed by atoms with Gasteiger partial charge in [-0.3, -0.25) is 9.55 Å². The molecule has 4 rings (SSSR count). The lowest BCUT2D eigenvalue weighted by Gasteiger charge is -2.33. The van der Waals surface area contributed by atoms with Crippen LogP contribution in [-0.2, 0) is 0 Å². The Hall–Kier alpha value is -2.83. The van der Waals surface area contributed by atoms with E-state index in [9.17, 15) is 0 Å². The van der Waals surface area contributed by atoms with Gasteiger partial charge in [-0.05, 0) is 25.8 Å². The molecule has 1 atom stereocenters. The molecule has 1 saturated heterocycles. The molecule has 24 heavy (non-hydrogen) atoms. The third-order valence-electron chi connectivity index (χ3n) is 4.33. The zero-order valence-corrected chi connectivity index (χ0v) is 13.6. The van der Waals surface area contributed by atoms with Crippen LogP contribution in [0.2, 0.25) is 0 Å². The monoisotopic (exact) mass is 321 g/mol. The number of hydrogen-bond donors (Lipinski definition) is 0. The van der Waals surface area contributed by atoms with Gasteiger partial charge in [0.1, 0.15) is 18.0 Å². The summed E-state index contributed by atoms with van der Waals surface area (Å²) >= 11 is 0.